The van der Waals surface area contributed by atoms with Gasteiger partial charge in [-0.25, -0.2) is 0 Å². The summed E-state index contributed by atoms with van der Waals surface area (Å²) in [6.07, 6.45) is 0. The van der Waals surface area contributed by atoms with Crippen LogP contribution in [-0.4, -0.2) is 4.98 Å². The normalized spacial score (nSPS) is 9.42. The summed E-state index contributed by atoms with van der Waals surface area (Å²) in [5.74, 6) is 0. The number of hydrogen-bond donors (Lipinski definition) is 0. The molecule has 0 saturated heterocycles. The van der Waals surface area contributed by atoms with E-state index in [1.165, 1.54) is 5.39 Å². The predicted octanol–water partition coefficient (Wildman–Crippen LogP) is 3.18. The summed E-state index contributed by atoms with van der Waals surface area (Å²) in [6, 6.07) is 12.3. The first-order valence-electron chi connectivity index (χ1n) is 3.69. The lowest BCUT2D eigenvalue weighted by Gasteiger charge is -1.95. The Morgan fingerprint density at radius 2 is 1.75 bits per heavy atom. The van der Waals surface area contributed by atoms with Gasteiger partial charge in [-0.3, -0.25) is 4.98 Å². The number of pyridine rings is 1. The standard InChI is InChI=1S/C10H9N.CH4/c1-8-6-7-9-4-2-3-5-10(9)11-8;/h2-7H,1H3;1H4. The first-order valence-corrected chi connectivity index (χ1v) is 3.69. The van der Waals surface area contributed by atoms with Crippen LogP contribution >= 0.6 is 0 Å². The van der Waals surface area contributed by atoms with E-state index < -0.39 is 0 Å². The maximum Gasteiger partial charge on any atom is 0.0705 e. The Morgan fingerprint density at radius 1 is 1.00 bits per heavy atom. The predicted molar refractivity (Wildman–Crippen MR) is 53.2 cm³/mol. The molecule has 0 N–H and O–H groups in total. The highest BCUT2D eigenvalue weighted by molar-refractivity contribution is 5.78. The van der Waals surface area contributed by atoms with E-state index in [2.05, 4.69) is 17.1 Å². The van der Waals surface area contributed by atoms with E-state index >= 15 is 0 Å². The van der Waals surface area contributed by atoms with Crippen LogP contribution in [0.2, 0.25) is 0 Å². The molecule has 1 nitrogen and oxygen atoms in total. The number of hydrogen-bond acceptors (Lipinski definition) is 1. The Kier molecular flexibility index (Phi) is 2.44. The van der Waals surface area contributed by atoms with E-state index in [1.807, 2.05) is 31.2 Å². The molecule has 0 aliphatic rings. The molecule has 0 unspecified atom stereocenters. The number of aromatic nitrogens is 1. The molecule has 0 aliphatic carbocycles. The molecule has 2 rings (SSSR count). The van der Waals surface area contributed by atoms with Crippen LogP contribution in [0.3, 0.4) is 0 Å². The Hall–Kier alpha value is -1.37. The molecule has 0 bridgehead atoms. The van der Waals surface area contributed by atoms with Gasteiger partial charge in [0, 0.05) is 11.1 Å². The molecule has 1 aromatic carbocycles. The molecule has 1 aromatic heterocycles. The molecule has 0 radical (unpaired) electrons. The molecule has 0 atom stereocenters. The fourth-order valence-corrected chi connectivity index (χ4v) is 1.17. The molecule has 0 spiro atoms. The third-order valence-corrected chi connectivity index (χ3v) is 1.74. The van der Waals surface area contributed by atoms with Gasteiger partial charge >= 0.3 is 0 Å². The van der Waals surface area contributed by atoms with Crippen LogP contribution in [0.15, 0.2) is 36.4 Å². The molecule has 0 fully saturated rings. The highest BCUT2D eigenvalue weighted by Crippen LogP contribution is 2.10. The van der Waals surface area contributed by atoms with Crippen LogP contribution < -0.4 is 0 Å². The van der Waals surface area contributed by atoms with Gasteiger partial charge in [0.15, 0.2) is 0 Å². The van der Waals surface area contributed by atoms with E-state index in [0.717, 1.165) is 11.2 Å². The van der Waals surface area contributed by atoms with Crippen molar-refractivity contribution in [1.82, 2.24) is 4.98 Å². The van der Waals surface area contributed by atoms with Gasteiger partial charge in [-0.2, -0.15) is 0 Å². The molecule has 0 saturated carbocycles. The number of fused-ring (bicyclic) bond motifs is 1. The number of aryl methyl sites for hydroxylation is 1. The van der Waals surface area contributed by atoms with Gasteiger partial charge in [-0.05, 0) is 19.1 Å². The summed E-state index contributed by atoms with van der Waals surface area (Å²) in [5, 5.41) is 1.21. The van der Waals surface area contributed by atoms with Crippen molar-refractivity contribution in [3.05, 3.63) is 42.1 Å². The lowest BCUT2D eigenvalue weighted by molar-refractivity contribution is 1.26. The topological polar surface area (TPSA) is 12.9 Å². The van der Waals surface area contributed by atoms with Gasteiger partial charge in [0.2, 0.25) is 0 Å². The molecule has 62 valence electrons. The fourth-order valence-electron chi connectivity index (χ4n) is 1.17. The minimum absolute atomic E-state index is 0. The van der Waals surface area contributed by atoms with Crippen molar-refractivity contribution < 1.29 is 0 Å². The summed E-state index contributed by atoms with van der Waals surface area (Å²) >= 11 is 0. The van der Waals surface area contributed by atoms with Gasteiger partial charge in [0.1, 0.15) is 0 Å². The summed E-state index contributed by atoms with van der Waals surface area (Å²) in [6.45, 7) is 2.01. The maximum absolute atomic E-state index is 4.38. The third-order valence-electron chi connectivity index (χ3n) is 1.74. The number of nitrogens with zero attached hydrogens (tertiary/aromatic N) is 1. The Morgan fingerprint density at radius 3 is 2.58 bits per heavy atom. The van der Waals surface area contributed by atoms with Gasteiger partial charge in [0.05, 0.1) is 5.52 Å². The van der Waals surface area contributed by atoms with E-state index in [0.29, 0.717) is 0 Å². The Bertz CT molecular complexity index is 379. The molecule has 1 heteroatoms. The molecule has 12 heavy (non-hydrogen) atoms. The van der Waals surface area contributed by atoms with Crippen molar-refractivity contribution in [1.29, 1.82) is 0 Å². The highest BCUT2D eigenvalue weighted by Gasteiger charge is 1.90. The second-order valence-corrected chi connectivity index (χ2v) is 2.65. The first kappa shape index (κ1) is 8.72. The van der Waals surface area contributed by atoms with Crippen molar-refractivity contribution in [3.8, 4) is 0 Å². The van der Waals surface area contributed by atoms with Crippen molar-refractivity contribution >= 4 is 10.9 Å². The average molecular weight is 159 g/mol. The molecule has 0 aliphatic heterocycles. The largest absolute Gasteiger partial charge is 0.253 e. The van der Waals surface area contributed by atoms with Crippen LogP contribution in [-0.2, 0) is 0 Å². The molecular weight excluding hydrogens is 146 g/mol. The van der Waals surface area contributed by atoms with E-state index in [-0.39, 0.29) is 7.43 Å². The number of benzene rings is 1. The summed E-state index contributed by atoms with van der Waals surface area (Å²) < 4.78 is 0. The van der Waals surface area contributed by atoms with Gasteiger partial charge in [0.25, 0.3) is 0 Å². The highest BCUT2D eigenvalue weighted by atomic mass is 14.7. The number of para-hydroxylation sites is 1. The SMILES string of the molecule is C.Cc1ccc2ccccc2n1. The molecular formula is C11H13N. The van der Waals surface area contributed by atoms with E-state index in [9.17, 15) is 0 Å². The monoisotopic (exact) mass is 159 g/mol. The Balaban J connectivity index is 0.000000720. The third kappa shape index (κ3) is 1.45. The quantitative estimate of drug-likeness (QED) is 0.575. The van der Waals surface area contributed by atoms with E-state index in [4.69, 9.17) is 0 Å². The average Bonchev–Trinajstić information content (AvgIpc) is 2.04. The van der Waals surface area contributed by atoms with Crippen molar-refractivity contribution in [2.75, 3.05) is 0 Å². The van der Waals surface area contributed by atoms with Crippen LogP contribution in [0.4, 0.5) is 0 Å². The summed E-state index contributed by atoms with van der Waals surface area (Å²) in [5.41, 5.74) is 2.15. The number of rotatable bonds is 0. The minimum atomic E-state index is 0. The van der Waals surface area contributed by atoms with Crippen LogP contribution in [0, 0.1) is 6.92 Å². The lowest BCUT2D eigenvalue weighted by Crippen LogP contribution is -1.80. The zero-order valence-corrected chi connectivity index (χ0v) is 6.41. The minimum Gasteiger partial charge on any atom is -0.253 e. The molecule has 0 amide bonds. The fraction of sp³-hybridized carbons (Fsp3) is 0.182. The van der Waals surface area contributed by atoms with Crippen LogP contribution in [0.25, 0.3) is 10.9 Å². The van der Waals surface area contributed by atoms with Crippen LogP contribution in [0.5, 0.6) is 0 Å². The maximum atomic E-state index is 4.38. The molecule has 2 aromatic rings. The smallest absolute Gasteiger partial charge is 0.0705 e. The zero-order valence-electron chi connectivity index (χ0n) is 6.41. The second kappa shape index (κ2) is 3.35. The van der Waals surface area contributed by atoms with Crippen molar-refractivity contribution in [3.63, 3.8) is 0 Å². The first-order chi connectivity index (χ1) is 5.36. The van der Waals surface area contributed by atoms with Crippen LogP contribution in [0.1, 0.15) is 13.1 Å². The summed E-state index contributed by atoms with van der Waals surface area (Å²) in [7, 11) is 0. The van der Waals surface area contributed by atoms with Gasteiger partial charge < -0.3 is 0 Å². The van der Waals surface area contributed by atoms with Gasteiger partial charge in [-0.15, -0.1) is 0 Å². The lowest BCUT2D eigenvalue weighted by atomic mass is 10.2. The zero-order chi connectivity index (χ0) is 7.68. The second-order valence-electron chi connectivity index (χ2n) is 2.65. The molecule has 1 heterocycles. The van der Waals surface area contributed by atoms with Gasteiger partial charge in [-0.1, -0.05) is 31.7 Å². The summed E-state index contributed by atoms with van der Waals surface area (Å²) in [4.78, 5) is 4.38. The van der Waals surface area contributed by atoms with Crippen molar-refractivity contribution in [2.45, 2.75) is 14.4 Å². The van der Waals surface area contributed by atoms with Crippen molar-refractivity contribution in [2.24, 2.45) is 0 Å². The Labute approximate surface area is 73.1 Å². The van der Waals surface area contributed by atoms with E-state index in [1.54, 1.807) is 0 Å².